The maximum absolute atomic E-state index is 12.0. The molecule has 0 unspecified atom stereocenters. The number of esters is 1. The molecule has 0 radical (unpaired) electrons. The fourth-order valence-corrected chi connectivity index (χ4v) is 8.35. The molecule has 5 nitrogen and oxygen atoms in total. The second kappa shape index (κ2) is 12.0. The minimum atomic E-state index is -0.373. The Morgan fingerprint density at radius 3 is 2.25 bits per heavy atom. The molecule has 0 aliphatic heterocycles. The molecule has 2 aromatic carbocycles. The van der Waals surface area contributed by atoms with Crippen LogP contribution in [0.15, 0.2) is 40.8 Å². The van der Waals surface area contributed by atoms with E-state index in [-0.39, 0.29) is 11.4 Å². The zero-order valence-corrected chi connectivity index (χ0v) is 24.4. The van der Waals surface area contributed by atoms with E-state index in [0.29, 0.717) is 17.0 Å². The highest BCUT2D eigenvalue weighted by Crippen LogP contribution is 2.62. The number of ether oxygens (including phenoxy) is 2. The highest BCUT2D eigenvalue weighted by molar-refractivity contribution is 5.93. The van der Waals surface area contributed by atoms with E-state index < -0.39 is 0 Å². The number of hydrogen-bond donors (Lipinski definition) is 0. The Morgan fingerprint density at radius 2 is 1.57 bits per heavy atom. The third-order valence-corrected chi connectivity index (χ3v) is 9.90. The van der Waals surface area contributed by atoms with Crippen molar-refractivity contribution in [1.82, 2.24) is 4.98 Å². The summed E-state index contributed by atoms with van der Waals surface area (Å²) in [5, 5.41) is 0. The highest BCUT2D eigenvalue weighted by Gasteiger charge is 2.52. The van der Waals surface area contributed by atoms with Gasteiger partial charge in [0, 0.05) is 11.1 Å². The smallest absolute Gasteiger partial charge is 0.337 e. The number of nitrogens with zero attached hydrogens (tertiary/aromatic N) is 1. The lowest BCUT2D eigenvalue weighted by Gasteiger charge is -2.57. The molecular formula is C35H45NO4. The number of unbranched alkanes of at least 4 members (excludes halogenated alkanes) is 7. The molecular weight excluding hydrogens is 498 g/mol. The normalized spacial score (nSPS) is 25.0. The quantitative estimate of drug-likeness (QED) is 0.159. The number of methoxy groups -OCH3 is 1. The molecule has 0 spiro atoms. The van der Waals surface area contributed by atoms with Gasteiger partial charge in [0.15, 0.2) is 5.58 Å². The van der Waals surface area contributed by atoms with Gasteiger partial charge in [-0.05, 0) is 105 Å². The van der Waals surface area contributed by atoms with Gasteiger partial charge in [-0.15, -0.1) is 0 Å². The van der Waals surface area contributed by atoms with Crippen LogP contribution in [0.5, 0.6) is 5.75 Å². The second-order valence-electron chi connectivity index (χ2n) is 12.9. The van der Waals surface area contributed by atoms with E-state index in [0.717, 1.165) is 47.6 Å². The van der Waals surface area contributed by atoms with Crippen LogP contribution in [0, 0.1) is 17.8 Å². The number of hydrogen-bond acceptors (Lipinski definition) is 5. The number of fused-ring (bicyclic) bond motifs is 1. The molecule has 5 heteroatoms. The summed E-state index contributed by atoms with van der Waals surface area (Å²) >= 11 is 0. The summed E-state index contributed by atoms with van der Waals surface area (Å²) < 4.78 is 17.7. The Bertz CT molecular complexity index is 1290. The van der Waals surface area contributed by atoms with E-state index in [1.807, 2.05) is 6.07 Å². The molecule has 4 aliphatic carbocycles. The van der Waals surface area contributed by atoms with Crippen molar-refractivity contribution in [3.8, 4) is 17.2 Å². The van der Waals surface area contributed by atoms with E-state index in [4.69, 9.17) is 18.9 Å². The predicted molar refractivity (Wildman–Crippen MR) is 159 cm³/mol. The minimum Gasteiger partial charge on any atom is -0.493 e. The lowest BCUT2D eigenvalue weighted by molar-refractivity contribution is -0.00638. The third-order valence-electron chi connectivity index (χ3n) is 9.90. The van der Waals surface area contributed by atoms with Crippen LogP contribution in [0.1, 0.15) is 113 Å². The van der Waals surface area contributed by atoms with Gasteiger partial charge in [0.25, 0.3) is 0 Å². The maximum Gasteiger partial charge on any atom is 0.337 e. The van der Waals surface area contributed by atoms with Crippen molar-refractivity contribution < 1.29 is 18.7 Å². The first kappa shape index (κ1) is 27.4. The molecule has 4 bridgehead atoms. The zero-order valence-electron chi connectivity index (χ0n) is 24.4. The molecule has 0 N–H and O–H groups in total. The van der Waals surface area contributed by atoms with Crippen molar-refractivity contribution in [1.29, 1.82) is 0 Å². The number of oxazole rings is 1. The molecule has 0 atom stereocenters. The fourth-order valence-electron chi connectivity index (χ4n) is 8.35. The van der Waals surface area contributed by atoms with Gasteiger partial charge < -0.3 is 13.9 Å². The molecule has 3 aromatic rings. The molecule has 0 amide bonds. The maximum atomic E-state index is 12.0. The van der Waals surface area contributed by atoms with Crippen molar-refractivity contribution >= 4 is 17.1 Å². The number of carbonyl (C=O) groups is 1. The second-order valence-corrected chi connectivity index (χ2v) is 12.9. The van der Waals surface area contributed by atoms with Gasteiger partial charge in [0.05, 0.1) is 19.3 Å². The number of benzene rings is 2. The molecule has 40 heavy (non-hydrogen) atoms. The van der Waals surface area contributed by atoms with Crippen LogP contribution >= 0.6 is 0 Å². The summed E-state index contributed by atoms with van der Waals surface area (Å²) in [7, 11) is 1.39. The fraction of sp³-hybridized carbons (Fsp3) is 0.600. The standard InChI is InChI=1S/C35H45NO4/c1-3-4-5-6-7-8-9-10-15-39-31-14-12-27(33-36-30-13-11-28(34(37)38-2)20-32(30)40-33)19-29(31)35-21-24-16-25(22-35)18-26(17-24)23-35/h11-14,19-20,24-26H,3-10,15-18,21-23H2,1-2H3. The Morgan fingerprint density at radius 1 is 0.900 bits per heavy atom. The van der Waals surface area contributed by atoms with Crippen LogP contribution in [0.3, 0.4) is 0 Å². The Kier molecular flexibility index (Phi) is 8.18. The molecule has 1 heterocycles. The number of carbonyl (C=O) groups excluding carboxylic acids is 1. The first-order valence-electron chi connectivity index (χ1n) is 15.8. The van der Waals surface area contributed by atoms with Gasteiger partial charge >= 0.3 is 5.97 Å². The average Bonchev–Trinajstić information content (AvgIpc) is 3.39. The third kappa shape index (κ3) is 5.66. The molecule has 4 aliphatic rings. The predicted octanol–water partition coefficient (Wildman–Crippen LogP) is 9.27. The van der Waals surface area contributed by atoms with E-state index in [9.17, 15) is 4.79 Å². The van der Waals surface area contributed by atoms with Gasteiger partial charge in [-0.3, -0.25) is 0 Å². The minimum absolute atomic E-state index is 0.212. The van der Waals surface area contributed by atoms with E-state index in [1.165, 1.54) is 96.1 Å². The molecule has 214 valence electrons. The van der Waals surface area contributed by atoms with Gasteiger partial charge in [0.1, 0.15) is 11.3 Å². The summed E-state index contributed by atoms with van der Waals surface area (Å²) in [5.41, 5.74) is 4.39. The molecule has 7 rings (SSSR count). The van der Waals surface area contributed by atoms with Crippen molar-refractivity contribution in [2.45, 2.75) is 102 Å². The lowest BCUT2D eigenvalue weighted by Crippen LogP contribution is -2.48. The van der Waals surface area contributed by atoms with Gasteiger partial charge in [0.2, 0.25) is 5.89 Å². The largest absolute Gasteiger partial charge is 0.493 e. The summed E-state index contributed by atoms with van der Waals surface area (Å²) in [6, 6.07) is 11.9. The Balaban J connectivity index is 1.23. The molecule has 4 saturated carbocycles. The van der Waals surface area contributed by atoms with Crippen molar-refractivity contribution in [2.24, 2.45) is 17.8 Å². The van der Waals surface area contributed by atoms with Crippen molar-refractivity contribution in [3.05, 3.63) is 47.5 Å². The van der Waals surface area contributed by atoms with E-state index >= 15 is 0 Å². The topological polar surface area (TPSA) is 61.6 Å². The number of rotatable bonds is 13. The first-order valence-corrected chi connectivity index (χ1v) is 15.8. The molecule has 4 fully saturated rings. The summed E-state index contributed by atoms with van der Waals surface area (Å²) in [6.45, 7) is 3.06. The summed E-state index contributed by atoms with van der Waals surface area (Å²) in [4.78, 5) is 16.8. The van der Waals surface area contributed by atoms with E-state index in [2.05, 4.69) is 25.1 Å². The van der Waals surface area contributed by atoms with Crippen LogP contribution < -0.4 is 4.74 Å². The first-order chi connectivity index (χ1) is 19.6. The summed E-state index contributed by atoms with van der Waals surface area (Å²) in [5.74, 6) is 3.86. The Hall–Kier alpha value is -2.82. The van der Waals surface area contributed by atoms with Crippen molar-refractivity contribution in [2.75, 3.05) is 13.7 Å². The highest BCUT2D eigenvalue weighted by atomic mass is 16.5. The van der Waals surface area contributed by atoms with Gasteiger partial charge in [-0.1, -0.05) is 51.9 Å². The van der Waals surface area contributed by atoms with Gasteiger partial charge in [-0.25, -0.2) is 9.78 Å². The Labute approximate surface area is 239 Å². The van der Waals surface area contributed by atoms with Crippen LogP contribution in [0.2, 0.25) is 0 Å². The van der Waals surface area contributed by atoms with Gasteiger partial charge in [-0.2, -0.15) is 0 Å². The van der Waals surface area contributed by atoms with Crippen LogP contribution in [-0.4, -0.2) is 24.7 Å². The van der Waals surface area contributed by atoms with Crippen LogP contribution in [0.4, 0.5) is 0 Å². The van der Waals surface area contributed by atoms with E-state index in [1.54, 1.807) is 12.1 Å². The lowest BCUT2D eigenvalue weighted by atomic mass is 9.48. The summed E-state index contributed by atoms with van der Waals surface area (Å²) in [6.07, 6.45) is 18.5. The van der Waals surface area contributed by atoms with Crippen molar-refractivity contribution in [3.63, 3.8) is 0 Å². The van der Waals surface area contributed by atoms with Crippen LogP contribution in [0.25, 0.3) is 22.6 Å². The number of aromatic nitrogens is 1. The average molecular weight is 544 g/mol. The van der Waals surface area contributed by atoms with Crippen LogP contribution in [-0.2, 0) is 10.2 Å². The molecule has 0 saturated heterocycles. The SMILES string of the molecule is CCCCCCCCCCOc1ccc(-c2nc3ccc(C(=O)OC)cc3o2)cc1C12CC3CC(CC(C3)C1)C2. The molecule has 1 aromatic heterocycles. The monoisotopic (exact) mass is 543 g/mol. The zero-order chi connectivity index (χ0) is 27.5.